The number of aliphatic hydroxyl groups excluding tert-OH is 2. The highest BCUT2D eigenvalue weighted by atomic mass is 35.5. The number of rotatable bonds is 2. The molecule has 0 radical (unpaired) electrons. The van der Waals surface area contributed by atoms with Gasteiger partial charge < -0.3 is 19.7 Å². The second kappa shape index (κ2) is 3.69. The minimum Gasteiger partial charge on any atom is -0.387 e. The van der Waals surface area contributed by atoms with Crippen LogP contribution in [0, 0.1) is 0 Å². The van der Waals surface area contributed by atoms with E-state index in [1.807, 2.05) is 0 Å². The lowest BCUT2D eigenvalue weighted by Crippen LogP contribution is -2.33. The topological polar surface area (TPSA) is 58.9 Å². The van der Waals surface area contributed by atoms with Gasteiger partial charge in [0.05, 0.1) is 5.88 Å². The molecule has 5 heteroatoms. The van der Waals surface area contributed by atoms with Crippen molar-refractivity contribution >= 4 is 11.6 Å². The van der Waals surface area contributed by atoms with Crippen molar-refractivity contribution in [3.63, 3.8) is 0 Å². The maximum absolute atomic E-state index is 9.22. The summed E-state index contributed by atoms with van der Waals surface area (Å²) in [5.74, 6) is 0.151. The summed E-state index contributed by atoms with van der Waals surface area (Å²) in [5, 5.41) is 18.4. The van der Waals surface area contributed by atoms with Crippen LogP contribution in [0.4, 0.5) is 0 Å². The fourth-order valence-electron chi connectivity index (χ4n) is 1.04. The highest BCUT2D eigenvalue weighted by Crippen LogP contribution is 2.22. The minimum atomic E-state index is -0.997. The van der Waals surface area contributed by atoms with E-state index >= 15 is 0 Å². The van der Waals surface area contributed by atoms with Crippen molar-refractivity contribution in [3.05, 3.63) is 0 Å². The normalized spacial score (nSPS) is 44.7. The van der Waals surface area contributed by atoms with E-state index in [1.165, 1.54) is 7.11 Å². The number of aliphatic hydroxyl groups is 2. The van der Waals surface area contributed by atoms with E-state index in [1.54, 1.807) is 0 Å². The van der Waals surface area contributed by atoms with Crippen LogP contribution in [0.3, 0.4) is 0 Å². The Morgan fingerprint density at radius 3 is 2.36 bits per heavy atom. The summed E-state index contributed by atoms with van der Waals surface area (Å²) in [6, 6.07) is 0. The van der Waals surface area contributed by atoms with Crippen LogP contribution < -0.4 is 0 Å². The molecule has 66 valence electrons. The Morgan fingerprint density at radius 1 is 1.45 bits per heavy atom. The van der Waals surface area contributed by atoms with Gasteiger partial charge in [-0.3, -0.25) is 0 Å². The maximum Gasteiger partial charge on any atom is 0.186 e. The fourth-order valence-corrected chi connectivity index (χ4v) is 1.29. The van der Waals surface area contributed by atoms with E-state index in [0.717, 1.165) is 0 Å². The zero-order valence-corrected chi connectivity index (χ0v) is 6.86. The largest absolute Gasteiger partial charge is 0.387 e. The van der Waals surface area contributed by atoms with E-state index in [-0.39, 0.29) is 5.88 Å². The molecule has 0 spiro atoms. The molecular weight excluding hydrogens is 172 g/mol. The van der Waals surface area contributed by atoms with Crippen molar-refractivity contribution < 1.29 is 19.7 Å². The molecule has 0 aliphatic carbocycles. The van der Waals surface area contributed by atoms with Crippen molar-refractivity contribution in [2.45, 2.75) is 24.6 Å². The Kier molecular flexibility index (Phi) is 3.09. The second-order valence-electron chi connectivity index (χ2n) is 2.41. The van der Waals surface area contributed by atoms with Gasteiger partial charge in [0.1, 0.15) is 18.3 Å². The smallest absolute Gasteiger partial charge is 0.186 e. The summed E-state index contributed by atoms with van der Waals surface area (Å²) in [7, 11) is 1.40. The SMILES string of the molecule is COC1OC(CCl)C(O)C1O. The van der Waals surface area contributed by atoms with Crippen LogP contribution in [0.1, 0.15) is 0 Å². The van der Waals surface area contributed by atoms with Crippen LogP contribution >= 0.6 is 11.6 Å². The summed E-state index contributed by atoms with van der Waals surface area (Å²) < 4.78 is 9.77. The Balaban J connectivity index is 2.53. The maximum atomic E-state index is 9.22. The number of halogens is 1. The summed E-state index contributed by atoms with van der Waals surface area (Å²) in [6.45, 7) is 0. The predicted octanol–water partition coefficient (Wildman–Crippen LogP) is -0.682. The summed E-state index contributed by atoms with van der Waals surface area (Å²) >= 11 is 5.44. The highest BCUT2D eigenvalue weighted by Gasteiger charge is 2.42. The quantitative estimate of drug-likeness (QED) is 0.556. The molecule has 0 aromatic rings. The third kappa shape index (κ3) is 1.65. The third-order valence-electron chi connectivity index (χ3n) is 1.70. The molecule has 1 rings (SSSR count). The van der Waals surface area contributed by atoms with E-state index < -0.39 is 24.6 Å². The molecular formula is C6H11ClO4. The zero-order chi connectivity index (χ0) is 8.43. The Morgan fingerprint density at radius 2 is 2.09 bits per heavy atom. The fraction of sp³-hybridized carbons (Fsp3) is 1.00. The van der Waals surface area contributed by atoms with Crippen LogP contribution in [0.15, 0.2) is 0 Å². The summed E-state index contributed by atoms with van der Waals surface area (Å²) in [5.41, 5.74) is 0. The molecule has 1 saturated heterocycles. The second-order valence-corrected chi connectivity index (χ2v) is 2.72. The average Bonchev–Trinajstić information content (AvgIpc) is 2.30. The van der Waals surface area contributed by atoms with Gasteiger partial charge in [0.25, 0.3) is 0 Å². The van der Waals surface area contributed by atoms with Crippen molar-refractivity contribution in [2.75, 3.05) is 13.0 Å². The van der Waals surface area contributed by atoms with Gasteiger partial charge in [0.15, 0.2) is 6.29 Å². The molecule has 0 aromatic heterocycles. The monoisotopic (exact) mass is 182 g/mol. The van der Waals surface area contributed by atoms with Gasteiger partial charge in [-0.25, -0.2) is 0 Å². The first-order chi connectivity index (χ1) is 5.20. The molecule has 11 heavy (non-hydrogen) atoms. The molecule has 0 bridgehead atoms. The van der Waals surface area contributed by atoms with Gasteiger partial charge in [-0.1, -0.05) is 0 Å². The van der Waals surface area contributed by atoms with Crippen molar-refractivity contribution in [2.24, 2.45) is 0 Å². The average molecular weight is 183 g/mol. The van der Waals surface area contributed by atoms with Crippen LogP contribution in [-0.2, 0) is 9.47 Å². The molecule has 4 nitrogen and oxygen atoms in total. The number of methoxy groups -OCH3 is 1. The Labute approximate surface area is 69.7 Å². The van der Waals surface area contributed by atoms with E-state index in [4.69, 9.17) is 21.1 Å². The van der Waals surface area contributed by atoms with E-state index in [0.29, 0.717) is 0 Å². The molecule has 1 aliphatic rings. The molecule has 1 fully saturated rings. The first-order valence-corrected chi connectivity index (χ1v) is 3.84. The summed E-state index contributed by atoms with van der Waals surface area (Å²) in [4.78, 5) is 0. The Hall–Kier alpha value is 0.130. The van der Waals surface area contributed by atoms with Gasteiger partial charge >= 0.3 is 0 Å². The van der Waals surface area contributed by atoms with Crippen LogP contribution in [0.25, 0.3) is 0 Å². The van der Waals surface area contributed by atoms with Crippen molar-refractivity contribution in [3.8, 4) is 0 Å². The molecule has 4 atom stereocenters. The van der Waals surface area contributed by atoms with E-state index in [9.17, 15) is 10.2 Å². The van der Waals surface area contributed by atoms with Gasteiger partial charge in [-0.2, -0.15) is 0 Å². The molecule has 0 aromatic carbocycles. The summed E-state index contributed by atoms with van der Waals surface area (Å²) in [6.07, 6.45) is -3.23. The lowest BCUT2D eigenvalue weighted by molar-refractivity contribution is -0.145. The predicted molar refractivity (Wildman–Crippen MR) is 38.4 cm³/mol. The van der Waals surface area contributed by atoms with Crippen LogP contribution in [0.2, 0.25) is 0 Å². The molecule has 1 heterocycles. The molecule has 2 N–H and O–H groups in total. The molecule has 1 aliphatic heterocycles. The molecule has 0 amide bonds. The zero-order valence-electron chi connectivity index (χ0n) is 6.11. The van der Waals surface area contributed by atoms with Gasteiger partial charge in [-0.05, 0) is 0 Å². The Bertz CT molecular complexity index is 114. The number of hydrogen-bond acceptors (Lipinski definition) is 4. The minimum absolute atomic E-state index is 0.151. The molecule has 0 saturated carbocycles. The number of hydrogen-bond donors (Lipinski definition) is 2. The lowest BCUT2D eigenvalue weighted by atomic mass is 10.2. The van der Waals surface area contributed by atoms with Gasteiger partial charge in [0.2, 0.25) is 0 Å². The van der Waals surface area contributed by atoms with Crippen molar-refractivity contribution in [1.82, 2.24) is 0 Å². The van der Waals surface area contributed by atoms with Crippen LogP contribution in [0.5, 0.6) is 0 Å². The van der Waals surface area contributed by atoms with E-state index in [2.05, 4.69) is 0 Å². The third-order valence-corrected chi connectivity index (χ3v) is 2.01. The van der Waals surface area contributed by atoms with Gasteiger partial charge in [-0.15, -0.1) is 11.6 Å². The number of alkyl halides is 1. The van der Waals surface area contributed by atoms with Crippen LogP contribution in [-0.4, -0.2) is 47.8 Å². The standard InChI is InChI=1S/C6H11ClO4/c1-10-6-5(9)4(8)3(2-7)11-6/h3-6,8-9H,2H2,1H3. The first kappa shape index (κ1) is 9.22. The molecule has 4 unspecified atom stereocenters. The first-order valence-electron chi connectivity index (χ1n) is 3.31. The lowest BCUT2D eigenvalue weighted by Gasteiger charge is -2.11. The van der Waals surface area contributed by atoms with Crippen molar-refractivity contribution in [1.29, 1.82) is 0 Å². The highest BCUT2D eigenvalue weighted by molar-refractivity contribution is 6.18. The number of ether oxygens (including phenoxy) is 2. The van der Waals surface area contributed by atoms with Gasteiger partial charge in [0, 0.05) is 7.11 Å².